The highest BCUT2D eigenvalue weighted by Crippen LogP contribution is 2.20. The van der Waals surface area contributed by atoms with Crippen molar-refractivity contribution >= 4 is 22.6 Å². The molecule has 1 N–H and O–H groups in total. The fraction of sp³-hybridized carbons (Fsp3) is 0.500. The van der Waals surface area contributed by atoms with Crippen LogP contribution >= 0.6 is 0 Å². The zero-order valence-electron chi connectivity index (χ0n) is 17.9. The molecule has 1 fully saturated rings. The van der Waals surface area contributed by atoms with Gasteiger partial charge in [0.15, 0.2) is 0 Å². The molecule has 5 heteroatoms. The highest BCUT2D eigenvalue weighted by molar-refractivity contribution is 5.85. The molecule has 1 aliphatic heterocycles. The van der Waals surface area contributed by atoms with E-state index >= 15 is 0 Å². The lowest BCUT2D eigenvalue weighted by Gasteiger charge is -2.35. The van der Waals surface area contributed by atoms with Gasteiger partial charge in [-0.2, -0.15) is 0 Å². The Hall–Kier alpha value is -2.40. The Labute approximate surface area is 174 Å². The first-order valence-corrected chi connectivity index (χ1v) is 10.6. The van der Waals surface area contributed by atoms with Crippen LogP contribution in [0.5, 0.6) is 0 Å². The van der Waals surface area contributed by atoms with Gasteiger partial charge in [-0.1, -0.05) is 63.2 Å². The van der Waals surface area contributed by atoms with E-state index in [0.29, 0.717) is 19.4 Å². The molecule has 5 nitrogen and oxygen atoms in total. The lowest BCUT2D eigenvalue weighted by molar-refractivity contribution is -0.133. The topological polar surface area (TPSA) is 52.7 Å². The summed E-state index contributed by atoms with van der Waals surface area (Å²) in [7, 11) is 0. The molecule has 1 heterocycles. The summed E-state index contributed by atoms with van der Waals surface area (Å²) in [5.41, 5.74) is 0.960. The summed E-state index contributed by atoms with van der Waals surface area (Å²) in [6, 6.07) is 15.0. The van der Waals surface area contributed by atoms with Gasteiger partial charge in [-0.05, 0) is 22.8 Å². The quantitative estimate of drug-likeness (QED) is 0.763. The first kappa shape index (κ1) is 21.3. The average Bonchev–Trinajstić information content (AvgIpc) is 2.71. The van der Waals surface area contributed by atoms with Gasteiger partial charge in [0.2, 0.25) is 11.8 Å². The first-order valence-electron chi connectivity index (χ1n) is 10.6. The van der Waals surface area contributed by atoms with Crippen LogP contribution in [0.1, 0.15) is 39.2 Å². The van der Waals surface area contributed by atoms with Crippen molar-refractivity contribution in [2.24, 2.45) is 5.41 Å². The van der Waals surface area contributed by atoms with Gasteiger partial charge in [-0.3, -0.25) is 14.5 Å². The van der Waals surface area contributed by atoms with E-state index in [-0.39, 0.29) is 17.2 Å². The Kier molecular flexibility index (Phi) is 6.91. The van der Waals surface area contributed by atoms with Crippen LogP contribution in [-0.2, 0) is 16.1 Å². The molecule has 0 unspecified atom stereocenters. The zero-order chi connectivity index (χ0) is 20.9. The number of amides is 2. The molecule has 2 aromatic carbocycles. The van der Waals surface area contributed by atoms with Crippen molar-refractivity contribution < 1.29 is 9.59 Å². The molecule has 0 aliphatic carbocycles. The van der Waals surface area contributed by atoms with Crippen LogP contribution in [0, 0.1) is 5.41 Å². The number of carbonyl (C=O) groups excluding carboxylic acids is 2. The second kappa shape index (κ2) is 9.40. The Balaban J connectivity index is 1.42. The number of piperazine rings is 1. The summed E-state index contributed by atoms with van der Waals surface area (Å²) < 4.78 is 0. The van der Waals surface area contributed by atoms with E-state index in [1.165, 1.54) is 16.3 Å². The molecule has 3 rings (SSSR count). The second-order valence-electron chi connectivity index (χ2n) is 8.90. The van der Waals surface area contributed by atoms with Crippen molar-refractivity contribution in [2.75, 3.05) is 32.7 Å². The predicted octanol–water partition coefficient (Wildman–Crippen LogP) is 3.43. The normalized spacial score (nSPS) is 15.5. The zero-order valence-corrected chi connectivity index (χ0v) is 17.9. The fourth-order valence-electron chi connectivity index (χ4n) is 3.69. The van der Waals surface area contributed by atoms with Crippen molar-refractivity contribution in [3.8, 4) is 0 Å². The van der Waals surface area contributed by atoms with Crippen LogP contribution in [0.25, 0.3) is 10.8 Å². The third-order valence-corrected chi connectivity index (χ3v) is 5.53. The monoisotopic (exact) mass is 395 g/mol. The third kappa shape index (κ3) is 5.80. The molecule has 0 aromatic heterocycles. The number of hydrogen-bond donors (Lipinski definition) is 1. The molecule has 2 aromatic rings. The minimum absolute atomic E-state index is 0.0343. The summed E-state index contributed by atoms with van der Waals surface area (Å²) in [4.78, 5) is 28.7. The molecule has 0 spiro atoms. The average molecular weight is 396 g/mol. The standard InChI is InChI=1S/C24H33N3O2/c1-24(2,3)23(29)25-13-7-12-22(28)27-16-14-26(15-17-27)18-20-10-6-9-19-8-4-5-11-21(19)20/h4-6,8-11H,7,12-18H2,1-3H3,(H,25,29). The maximum Gasteiger partial charge on any atom is 0.225 e. The Morgan fingerprint density at radius 2 is 1.66 bits per heavy atom. The van der Waals surface area contributed by atoms with Crippen molar-refractivity contribution in [1.29, 1.82) is 0 Å². The largest absolute Gasteiger partial charge is 0.356 e. The lowest BCUT2D eigenvalue weighted by Crippen LogP contribution is -2.48. The van der Waals surface area contributed by atoms with Crippen molar-refractivity contribution in [3.05, 3.63) is 48.0 Å². The minimum Gasteiger partial charge on any atom is -0.356 e. The Morgan fingerprint density at radius 1 is 0.966 bits per heavy atom. The lowest BCUT2D eigenvalue weighted by atomic mass is 9.96. The number of hydrogen-bond acceptors (Lipinski definition) is 3. The van der Waals surface area contributed by atoms with Crippen LogP contribution in [-0.4, -0.2) is 54.3 Å². The van der Waals surface area contributed by atoms with E-state index in [1.807, 2.05) is 25.7 Å². The summed E-state index contributed by atoms with van der Waals surface area (Å²) in [5, 5.41) is 5.50. The van der Waals surface area contributed by atoms with Gasteiger partial charge >= 0.3 is 0 Å². The van der Waals surface area contributed by atoms with Gasteiger partial charge in [0.1, 0.15) is 0 Å². The molecule has 29 heavy (non-hydrogen) atoms. The van der Waals surface area contributed by atoms with E-state index in [1.54, 1.807) is 0 Å². The number of fused-ring (bicyclic) bond motifs is 1. The maximum atomic E-state index is 12.5. The van der Waals surface area contributed by atoms with Crippen molar-refractivity contribution in [3.63, 3.8) is 0 Å². The van der Waals surface area contributed by atoms with Crippen molar-refractivity contribution in [1.82, 2.24) is 15.1 Å². The van der Waals surface area contributed by atoms with Gasteiger partial charge in [-0.15, -0.1) is 0 Å². The number of rotatable bonds is 6. The van der Waals surface area contributed by atoms with Crippen LogP contribution in [0.2, 0.25) is 0 Å². The molecule has 156 valence electrons. The molecular formula is C24H33N3O2. The van der Waals surface area contributed by atoms with Gasteiger partial charge in [-0.25, -0.2) is 0 Å². The molecule has 0 radical (unpaired) electrons. The van der Waals surface area contributed by atoms with Crippen LogP contribution in [0.3, 0.4) is 0 Å². The molecule has 0 bridgehead atoms. The molecule has 1 aliphatic rings. The Morgan fingerprint density at radius 3 is 2.38 bits per heavy atom. The van der Waals surface area contributed by atoms with E-state index < -0.39 is 0 Å². The van der Waals surface area contributed by atoms with Crippen LogP contribution in [0.15, 0.2) is 42.5 Å². The fourth-order valence-corrected chi connectivity index (χ4v) is 3.69. The highest BCUT2D eigenvalue weighted by Gasteiger charge is 2.22. The minimum atomic E-state index is -0.385. The maximum absolute atomic E-state index is 12.5. The van der Waals surface area contributed by atoms with E-state index in [9.17, 15) is 9.59 Å². The van der Waals surface area contributed by atoms with Crippen LogP contribution < -0.4 is 5.32 Å². The SMILES string of the molecule is CC(C)(C)C(=O)NCCCC(=O)N1CCN(Cc2cccc3ccccc23)CC1. The van der Waals surface area contributed by atoms with Crippen molar-refractivity contribution in [2.45, 2.75) is 40.2 Å². The first-order chi connectivity index (χ1) is 13.8. The molecule has 0 atom stereocenters. The van der Waals surface area contributed by atoms with Gasteiger partial charge in [0.25, 0.3) is 0 Å². The smallest absolute Gasteiger partial charge is 0.225 e. The van der Waals surface area contributed by atoms with E-state index in [4.69, 9.17) is 0 Å². The summed E-state index contributed by atoms with van der Waals surface area (Å²) in [6.07, 6.45) is 1.19. The highest BCUT2D eigenvalue weighted by atomic mass is 16.2. The molecule has 1 saturated heterocycles. The summed E-state index contributed by atoms with van der Waals surface area (Å²) in [5.74, 6) is 0.229. The number of benzene rings is 2. The number of nitrogens with one attached hydrogen (secondary N) is 1. The molecular weight excluding hydrogens is 362 g/mol. The van der Waals surface area contributed by atoms with Gasteiger partial charge in [0.05, 0.1) is 0 Å². The van der Waals surface area contributed by atoms with Gasteiger partial charge in [0, 0.05) is 51.1 Å². The predicted molar refractivity (Wildman–Crippen MR) is 118 cm³/mol. The van der Waals surface area contributed by atoms with E-state index in [2.05, 4.69) is 52.7 Å². The summed E-state index contributed by atoms with van der Waals surface area (Å²) >= 11 is 0. The molecule has 0 saturated carbocycles. The van der Waals surface area contributed by atoms with Gasteiger partial charge < -0.3 is 10.2 Å². The van der Waals surface area contributed by atoms with E-state index in [0.717, 1.165) is 32.7 Å². The molecule has 2 amide bonds. The van der Waals surface area contributed by atoms with Crippen LogP contribution in [0.4, 0.5) is 0 Å². The third-order valence-electron chi connectivity index (χ3n) is 5.53. The number of nitrogens with zero attached hydrogens (tertiary/aromatic N) is 2. The number of carbonyl (C=O) groups is 2. The Bertz CT molecular complexity index is 843. The summed E-state index contributed by atoms with van der Waals surface area (Å²) in [6.45, 7) is 10.5. The second-order valence-corrected chi connectivity index (χ2v) is 8.90.